The Balaban J connectivity index is 2.97. The molecule has 0 spiro atoms. The lowest BCUT2D eigenvalue weighted by molar-refractivity contribution is 0.0635. The lowest BCUT2D eigenvalue weighted by Crippen LogP contribution is -2.27. The third-order valence-electron chi connectivity index (χ3n) is 2.14. The minimum atomic E-state index is -0.628. The van der Waals surface area contributed by atoms with Crippen LogP contribution in [0.2, 0.25) is 0 Å². The lowest BCUT2D eigenvalue weighted by atomic mass is 10.2. The number of anilines is 1. The quantitative estimate of drug-likeness (QED) is 0.655. The Morgan fingerprint density at radius 2 is 2.05 bits per heavy atom. The molecule has 0 atom stereocenters. The predicted octanol–water partition coefficient (Wildman–Crippen LogP) is 3.64. The number of rotatable bonds is 3. The van der Waals surface area contributed by atoms with E-state index in [0.717, 1.165) is 5.56 Å². The topological polar surface area (TPSA) is 67.8 Å². The molecule has 0 unspecified atom stereocenters. The van der Waals surface area contributed by atoms with E-state index in [0.29, 0.717) is 11.1 Å². The fourth-order valence-electron chi connectivity index (χ4n) is 1.41. The minimum absolute atomic E-state index is 0.127. The average molecular weight is 332 g/mol. The zero-order chi connectivity index (χ0) is 14.6. The van der Waals surface area contributed by atoms with Gasteiger partial charge in [-0.2, -0.15) is 0 Å². The highest BCUT2D eigenvalue weighted by atomic mass is 79.9. The van der Waals surface area contributed by atoms with Crippen molar-refractivity contribution in [2.75, 3.05) is 12.4 Å². The van der Waals surface area contributed by atoms with Crippen molar-refractivity contribution in [2.24, 2.45) is 0 Å². The second-order valence-corrected chi connectivity index (χ2v) is 5.52. The Morgan fingerprint density at radius 3 is 2.53 bits per heavy atom. The Kier molecular flexibility index (Phi) is 5.05. The molecule has 1 rings (SSSR count). The number of phenolic OH excluding ortho intramolecular Hbond substituents is 1. The molecule has 5 nitrogen and oxygen atoms in total. The van der Waals surface area contributed by atoms with Crippen LogP contribution in [0.3, 0.4) is 0 Å². The van der Waals surface area contributed by atoms with Crippen molar-refractivity contribution in [1.82, 2.24) is 0 Å². The number of carbonyl (C=O) groups excluding carboxylic acids is 1. The summed E-state index contributed by atoms with van der Waals surface area (Å²) in [5.74, 6) is 0.168. The third kappa shape index (κ3) is 4.63. The van der Waals surface area contributed by atoms with E-state index in [9.17, 15) is 9.90 Å². The largest absolute Gasteiger partial charge is 0.503 e. The van der Waals surface area contributed by atoms with Gasteiger partial charge in [0, 0.05) is 5.33 Å². The van der Waals surface area contributed by atoms with Crippen molar-refractivity contribution in [3.63, 3.8) is 0 Å². The van der Waals surface area contributed by atoms with E-state index in [-0.39, 0.29) is 11.4 Å². The Hall–Kier alpha value is -1.43. The molecule has 0 aliphatic heterocycles. The highest BCUT2D eigenvalue weighted by molar-refractivity contribution is 9.08. The van der Waals surface area contributed by atoms with Crippen LogP contribution < -0.4 is 10.1 Å². The number of carbonyl (C=O) groups is 1. The van der Waals surface area contributed by atoms with Crippen molar-refractivity contribution < 1.29 is 19.4 Å². The smallest absolute Gasteiger partial charge is 0.412 e. The first-order chi connectivity index (χ1) is 8.76. The number of halogens is 1. The number of nitrogens with one attached hydrogen (secondary N) is 1. The van der Waals surface area contributed by atoms with E-state index in [4.69, 9.17) is 9.47 Å². The van der Waals surface area contributed by atoms with E-state index in [1.54, 1.807) is 32.9 Å². The minimum Gasteiger partial charge on any atom is -0.503 e. The van der Waals surface area contributed by atoms with Crippen molar-refractivity contribution >= 4 is 27.7 Å². The molecule has 6 heteroatoms. The highest BCUT2D eigenvalue weighted by Crippen LogP contribution is 2.36. The molecule has 1 aromatic carbocycles. The Bertz CT molecular complexity index is 468. The van der Waals surface area contributed by atoms with Crippen molar-refractivity contribution in [3.05, 3.63) is 17.7 Å². The molecule has 0 heterocycles. The molecular weight excluding hydrogens is 314 g/mol. The van der Waals surface area contributed by atoms with Gasteiger partial charge in [0.1, 0.15) is 5.60 Å². The van der Waals surface area contributed by atoms with Crippen LogP contribution in [0.15, 0.2) is 12.1 Å². The van der Waals surface area contributed by atoms with E-state index in [1.165, 1.54) is 7.11 Å². The number of phenols is 1. The van der Waals surface area contributed by atoms with E-state index >= 15 is 0 Å². The molecule has 0 saturated heterocycles. The number of alkyl halides is 1. The molecule has 19 heavy (non-hydrogen) atoms. The summed E-state index contributed by atoms with van der Waals surface area (Å²) >= 11 is 3.31. The number of methoxy groups -OCH3 is 1. The molecule has 0 radical (unpaired) electrons. The maximum Gasteiger partial charge on any atom is 0.412 e. The van der Waals surface area contributed by atoms with Gasteiger partial charge in [-0.3, -0.25) is 5.32 Å². The molecule has 0 saturated carbocycles. The molecule has 0 fully saturated rings. The van der Waals surface area contributed by atoms with Crippen LogP contribution in [0.1, 0.15) is 26.3 Å². The molecule has 0 bridgehead atoms. The number of ether oxygens (including phenoxy) is 2. The Morgan fingerprint density at radius 1 is 1.42 bits per heavy atom. The highest BCUT2D eigenvalue weighted by Gasteiger charge is 2.18. The summed E-state index contributed by atoms with van der Waals surface area (Å²) in [5.41, 5.74) is 0.514. The van der Waals surface area contributed by atoms with Crippen LogP contribution in [0.25, 0.3) is 0 Å². The summed E-state index contributed by atoms with van der Waals surface area (Å²) < 4.78 is 10.2. The zero-order valence-corrected chi connectivity index (χ0v) is 13.0. The maximum absolute atomic E-state index is 11.7. The normalized spacial score (nSPS) is 11.0. The van der Waals surface area contributed by atoms with Gasteiger partial charge >= 0.3 is 6.09 Å². The van der Waals surface area contributed by atoms with Crippen LogP contribution in [0.4, 0.5) is 10.5 Å². The van der Waals surface area contributed by atoms with Gasteiger partial charge in [0.25, 0.3) is 0 Å². The van der Waals surface area contributed by atoms with Crippen LogP contribution in [0.5, 0.6) is 11.5 Å². The van der Waals surface area contributed by atoms with Gasteiger partial charge in [-0.25, -0.2) is 4.79 Å². The zero-order valence-electron chi connectivity index (χ0n) is 11.4. The van der Waals surface area contributed by atoms with Crippen molar-refractivity contribution in [1.29, 1.82) is 0 Å². The molecule has 2 N–H and O–H groups in total. The summed E-state index contributed by atoms with van der Waals surface area (Å²) in [7, 11) is 1.45. The number of amides is 1. The summed E-state index contributed by atoms with van der Waals surface area (Å²) in [6.45, 7) is 5.30. The SMILES string of the molecule is COc1cc(CBr)cc(NC(=O)OC(C)(C)C)c1O. The van der Waals surface area contributed by atoms with Crippen molar-refractivity contribution in [2.45, 2.75) is 31.7 Å². The van der Waals surface area contributed by atoms with Gasteiger partial charge in [0.05, 0.1) is 12.8 Å². The maximum atomic E-state index is 11.7. The van der Waals surface area contributed by atoms with Crippen molar-refractivity contribution in [3.8, 4) is 11.5 Å². The van der Waals surface area contributed by atoms with Gasteiger partial charge < -0.3 is 14.6 Å². The average Bonchev–Trinajstić information content (AvgIpc) is 2.29. The van der Waals surface area contributed by atoms with Gasteiger partial charge in [0.15, 0.2) is 11.5 Å². The van der Waals surface area contributed by atoms with Gasteiger partial charge in [-0.1, -0.05) is 15.9 Å². The molecule has 106 valence electrons. The third-order valence-corrected chi connectivity index (χ3v) is 2.79. The summed E-state index contributed by atoms with van der Waals surface area (Å²) in [4.78, 5) is 11.7. The first kappa shape index (κ1) is 15.6. The molecular formula is C13H18BrNO4. The number of hydrogen-bond acceptors (Lipinski definition) is 4. The second kappa shape index (κ2) is 6.14. The number of benzene rings is 1. The Labute approximate surface area is 121 Å². The van der Waals surface area contributed by atoms with Gasteiger partial charge in [-0.05, 0) is 38.5 Å². The lowest BCUT2D eigenvalue weighted by Gasteiger charge is -2.20. The summed E-state index contributed by atoms with van der Waals surface area (Å²) in [6, 6.07) is 3.33. The predicted molar refractivity (Wildman–Crippen MR) is 77.1 cm³/mol. The number of hydrogen-bond donors (Lipinski definition) is 2. The van der Waals surface area contributed by atoms with Crippen LogP contribution in [-0.2, 0) is 10.1 Å². The first-order valence-corrected chi connectivity index (χ1v) is 6.85. The van der Waals surface area contributed by atoms with E-state index in [1.807, 2.05) is 0 Å². The molecule has 0 aliphatic carbocycles. The van der Waals surface area contributed by atoms with E-state index < -0.39 is 11.7 Å². The molecule has 0 aliphatic rings. The summed E-state index contributed by atoms with van der Waals surface area (Å²) in [5, 5.41) is 13.0. The molecule has 1 amide bonds. The molecule has 1 aromatic rings. The van der Waals surface area contributed by atoms with Crippen LogP contribution >= 0.6 is 15.9 Å². The number of aromatic hydroxyl groups is 1. The van der Waals surface area contributed by atoms with Crippen LogP contribution in [-0.4, -0.2) is 23.9 Å². The molecule has 0 aromatic heterocycles. The van der Waals surface area contributed by atoms with Crippen LogP contribution in [0, 0.1) is 0 Å². The van der Waals surface area contributed by atoms with Gasteiger partial charge in [-0.15, -0.1) is 0 Å². The second-order valence-electron chi connectivity index (χ2n) is 4.95. The standard InChI is InChI=1S/C13H18BrNO4/c1-13(2,3)19-12(17)15-9-5-8(7-14)6-10(18-4)11(9)16/h5-6,16H,7H2,1-4H3,(H,15,17). The van der Waals surface area contributed by atoms with Gasteiger partial charge in [0.2, 0.25) is 0 Å². The summed E-state index contributed by atoms with van der Waals surface area (Å²) in [6.07, 6.45) is -0.628. The van der Waals surface area contributed by atoms with E-state index in [2.05, 4.69) is 21.2 Å². The monoisotopic (exact) mass is 331 g/mol. The fourth-order valence-corrected chi connectivity index (χ4v) is 1.73. The fraction of sp³-hybridized carbons (Fsp3) is 0.462. The first-order valence-electron chi connectivity index (χ1n) is 5.72.